The smallest absolute Gasteiger partial charge is 0.323 e. The molecule has 0 radical (unpaired) electrons. The Kier molecular flexibility index (Phi) is 6.74. The van der Waals surface area contributed by atoms with Gasteiger partial charge in [0.25, 0.3) is 0 Å². The van der Waals surface area contributed by atoms with Crippen molar-refractivity contribution < 1.29 is 24.1 Å². The quantitative estimate of drug-likeness (QED) is 0.335. The zero-order chi connectivity index (χ0) is 26.4. The van der Waals surface area contributed by atoms with Crippen LogP contribution in [0.3, 0.4) is 0 Å². The number of fused-ring (bicyclic) bond motifs is 2. The minimum atomic E-state index is -0.477. The van der Waals surface area contributed by atoms with Gasteiger partial charge in [0.2, 0.25) is 0 Å². The van der Waals surface area contributed by atoms with Gasteiger partial charge in [-0.2, -0.15) is 0 Å². The van der Waals surface area contributed by atoms with Crippen LogP contribution in [0.25, 0.3) is 11.1 Å². The Morgan fingerprint density at radius 2 is 1.76 bits per heavy atom. The highest BCUT2D eigenvalue weighted by Crippen LogP contribution is 2.57. The molecule has 0 fully saturated rings. The van der Waals surface area contributed by atoms with Gasteiger partial charge in [-0.25, -0.2) is 4.79 Å². The first kappa shape index (κ1) is 25.3. The van der Waals surface area contributed by atoms with Crippen molar-refractivity contribution in [3.05, 3.63) is 57.1 Å². The first-order valence-corrected chi connectivity index (χ1v) is 12.5. The topological polar surface area (TPSA) is 92.3 Å². The number of hydrogen-bond acceptors (Lipinski definition) is 6. The van der Waals surface area contributed by atoms with Gasteiger partial charge in [-0.1, -0.05) is 23.2 Å². The highest BCUT2D eigenvalue weighted by atomic mass is 35.5. The Morgan fingerprint density at radius 3 is 2.43 bits per heavy atom. The maximum Gasteiger partial charge on any atom is 0.323 e. The van der Waals surface area contributed by atoms with Crippen LogP contribution in [0, 0.1) is 0 Å². The number of phenolic OH excluding ortho intramolecular Hbond substituents is 1. The number of halogens is 2. The summed E-state index contributed by atoms with van der Waals surface area (Å²) in [5, 5.41) is 17.8. The first-order valence-electron chi connectivity index (χ1n) is 11.7. The number of nitrogens with zero attached hydrogens (tertiary/aromatic N) is 1. The molecule has 10 heteroatoms. The van der Waals surface area contributed by atoms with Crippen molar-refractivity contribution in [3.63, 3.8) is 0 Å². The van der Waals surface area contributed by atoms with E-state index in [2.05, 4.69) is 22.6 Å². The standard InChI is InChI=1S/C27H27Cl2N3O5/c1-32-8-7-13-9-21(36-3)26(37-4)24-22(13)19(32)11-15-18(12-20(35-2)25(33)23(15)24)31-27(34)30-14-5-6-16(28)17(29)10-14/h5-6,9-10,12,19,33H,7-8,11H2,1-4H3,(H2,30,31,34)/t19-/m0/s1. The van der Waals surface area contributed by atoms with Gasteiger partial charge in [-0.15, -0.1) is 0 Å². The van der Waals surface area contributed by atoms with Crippen LogP contribution in [0.2, 0.25) is 10.0 Å². The number of anilines is 2. The van der Waals surface area contributed by atoms with E-state index in [1.165, 1.54) is 7.11 Å². The predicted octanol–water partition coefficient (Wildman–Crippen LogP) is 6.12. The van der Waals surface area contributed by atoms with Crippen molar-refractivity contribution >= 4 is 40.6 Å². The van der Waals surface area contributed by atoms with Gasteiger partial charge in [0.05, 0.1) is 37.1 Å². The molecule has 1 aliphatic carbocycles. The van der Waals surface area contributed by atoms with Crippen LogP contribution in [0.4, 0.5) is 16.2 Å². The van der Waals surface area contributed by atoms with E-state index < -0.39 is 6.03 Å². The summed E-state index contributed by atoms with van der Waals surface area (Å²) in [4.78, 5) is 15.3. The van der Waals surface area contributed by atoms with Gasteiger partial charge in [0.1, 0.15) is 0 Å². The lowest BCUT2D eigenvalue weighted by atomic mass is 9.75. The van der Waals surface area contributed by atoms with E-state index in [9.17, 15) is 9.90 Å². The third-order valence-electron chi connectivity index (χ3n) is 7.06. The monoisotopic (exact) mass is 543 g/mol. The highest BCUT2D eigenvalue weighted by molar-refractivity contribution is 6.42. The summed E-state index contributed by atoms with van der Waals surface area (Å²) in [6.45, 7) is 0.866. The molecular weight excluding hydrogens is 517 g/mol. The molecule has 0 saturated carbocycles. The predicted molar refractivity (Wildman–Crippen MR) is 145 cm³/mol. The Balaban J connectivity index is 1.66. The second-order valence-corrected chi connectivity index (χ2v) is 9.86. The molecule has 37 heavy (non-hydrogen) atoms. The normalized spacial score (nSPS) is 15.9. The van der Waals surface area contributed by atoms with Crippen molar-refractivity contribution in [2.75, 3.05) is 45.6 Å². The van der Waals surface area contributed by atoms with Crippen LogP contribution < -0.4 is 24.8 Å². The molecule has 0 saturated heterocycles. The Bertz CT molecular complexity index is 1410. The lowest BCUT2D eigenvalue weighted by molar-refractivity contribution is 0.226. The lowest BCUT2D eigenvalue weighted by Gasteiger charge is -2.41. The van der Waals surface area contributed by atoms with Crippen LogP contribution in [0.15, 0.2) is 30.3 Å². The molecule has 3 aromatic carbocycles. The number of ether oxygens (including phenoxy) is 3. The number of hydrogen-bond donors (Lipinski definition) is 3. The fourth-order valence-electron chi connectivity index (χ4n) is 5.32. The summed E-state index contributed by atoms with van der Waals surface area (Å²) < 4.78 is 17.0. The van der Waals surface area contributed by atoms with Crippen molar-refractivity contribution in [1.82, 2.24) is 4.90 Å². The summed E-state index contributed by atoms with van der Waals surface area (Å²) in [5.41, 5.74) is 5.32. The zero-order valence-corrected chi connectivity index (χ0v) is 22.4. The number of benzene rings is 3. The van der Waals surface area contributed by atoms with E-state index in [0.29, 0.717) is 44.9 Å². The lowest BCUT2D eigenvalue weighted by Crippen LogP contribution is -2.36. The molecule has 1 atom stereocenters. The molecule has 194 valence electrons. The first-order chi connectivity index (χ1) is 17.8. The van der Waals surface area contributed by atoms with Crippen LogP contribution >= 0.6 is 23.2 Å². The number of methoxy groups -OCH3 is 3. The van der Waals surface area contributed by atoms with Gasteiger partial charge in [0.15, 0.2) is 23.0 Å². The van der Waals surface area contributed by atoms with Gasteiger partial charge < -0.3 is 30.0 Å². The molecular formula is C27H27Cl2N3O5. The molecule has 0 spiro atoms. The molecule has 0 unspecified atom stereocenters. The number of nitrogens with one attached hydrogen (secondary N) is 2. The Hall–Kier alpha value is -3.33. The molecule has 8 nitrogen and oxygen atoms in total. The second kappa shape index (κ2) is 9.85. The summed E-state index contributed by atoms with van der Waals surface area (Å²) in [6.07, 6.45) is 1.41. The maximum absolute atomic E-state index is 13.0. The van der Waals surface area contributed by atoms with E-state index in [1.54, 1.807) is 38.5 Å². The number of carbonyl (C=O) groups is 1. The third kappa shape index (κ3) is 4.29. The van der Waals surface area contributed by atoms with Crippen molar-refractivity contribution in [3.8, 4) is 34.1 Å². The molecule has 0 bridgehead atoms. The number of urea groups is 1. The summed E-state index contributed by atoms with van der Waals surface area (Å²) in [5.74, 6) is 1.32. The molecule has 2 amide bonds. The number of likely N-dealkylation sites (N-methyl/N-ethyl adjacent to an activating group) is 1. The van der Waals surface area contributed by atoms with Gasteiger partial charge in [0, 0.05) is 35.5 Å². The van der Waals surface area contributed by atoms with E-state index in [1.807, 2.05) is 6.07 Å². The highest BCUT2D eigenvalue weighted by Gasteiger charge is 2.39. The fraction of sp³-hybridized carbons (Fsp3) is 0.296. The van der Waals surface area contributed by atoms with E-state index >= 15 is 0 Å². The Morgan fingerprint density at radius 1 is 1.00 bits per heavy atom. The van der Waals surface area contributed by atoms with Gasteiger partial charge in [-0.05, 0) is 60.8 Å². The van der Waals surface area contributed by atoms with Crippen molar-refractivity contribution in [2.24, 2.45) is 0 Å². The van der Waals surface area contributed by atoms with Crippen LogP contribution in [-0.4, -0.2) is 51.0 Å². The minimum Gasteiger partial charge on any atom is -0.504 e. The van der Waals surface area contributed by atoms with E-state index in [0.717, 1.165) is 35.2 Å². The molecule has 1 aliphatic heterocycles. The third-order valence-corrected chi connectivity index (χ3v) is 7.80. The molecule has 1 heterocycles. The second-order valence-electron chi connectivity index (χ2n) is 9.05. The van der Waals surface area contributed by atoms with Gasteiger partial charge in [-0.3, -0.25) is 4.90 Å². The Labute approximate surface area is 225 Å². The fourth-order valence-corrected chi connectivity index (χ4v) is 5.61. The summed E-state index contributed by atoms with van der Waals surface area (Å²) >= 11 is 12.1. The number of carbonyl (C=O) groups excluding carboxylic acids is 1. The number of aromatic hydroxyl groups is 1. The van der Waals surface area contributed by atoms with Gasteiger partial charge >= 0.3 is 6.03 Å². The molecule has 3 N–H and O–H groups in total. The molecule has 0 aromatic heterocycles. The van der Waals surface area contributed by atoms with Crippen LogP contribution in [0.1, 0.15) is 22.7 Å². The molecule has 5 rings (SSSR count). The number of rotatable bonds is 5. The van der Waals surface area contributed by atoms with Crippen molar-refractivity contribution in [2.45, 2.75) is 18.9 Å². The molecule has 2 aliphatic rings. The van der Waals surface area contributed by atoms with E-state index in [-0.39, 0.29) is 17.5 Å². The van der Waals surface area contributed by atoms with E-state index in [4.69, 9.17) is 37.4 Å². The average molecular weight is 544 g/mol. The minimum absolute atomic E-state index is 0.0200. The average Bonchev–Trinajstić information content (AvgIpc) is 2.89. The number of phenols is 1. The molecule has 3 aromatic rings. The maximum atomic E-state index is 13.0. The number of amides is 2. The largest absolute Gasteiger partial charge is 0.504 e. The summed E-state index contributed by atoms with van der Waals surface area (Å²) in [7, 11) is 6.72. The SMILES string of the molecule is COc1cc(NC(=O)Nc2ccc(Cl)c(Cl)c2)c2c(c1O)-c1c(OC)c(OC)cc3c1[C@H](C2)N(C)CC3. The van der Waals surface area contributed by atoms with Crippen LogP contribution in [-0.2, 0) is 12.8 Å². The zero-order valence-electron chi connectivity index (χ0n) is 20.9. The van der Waals surface area contributed by atoms with Crippen LogP contribution in [0.5, 0.6) is 23.0 Å². The van der Waals surface area contributed by atoms with Crippen molar-refractivity contribution in [1.29, 1.82) is 0 Å². The summed E-state index contributed by atoms with van der Waals surface area (Å²) in [6, 6.07) is 8.03.